The molecule has 0 aliphatic carbocycles. The highest BCUT2D eigenvalue weighted by Crippen LogP contribution is 2.44. The molecule has 0 unspecified atom stereocenters. The van der Waals surface area contributed by atoms with Crippen molar-refractivity contribution < 1.29 is 0 Å². The van der Waals surface area contributed by atoms with Crippen molar-refractivity contribution in [2.75, 3.05) is 0 Å². The van der Waals surface area contributed by atoms with Crippen LogP contribution < -0.4 is 0 Å². The van der Waals surface area contributed by atoms with Gasteiger partial charge in [-0.2, -0.15) is 0 Å². The Balaban J connectivity index is 1.55. The third kappa shape index (κ3) is 3.10. The van der Waals surface area contributed by atoms with Crippen LogP contribution >= 0.6 is 0 Å². The van der Waals surface area contributed by atoms with Crippen LogP contribution in [0.3, 0.4) is 0 Å². The predicted molar refractivity (Wildman–Crippen MR) is 170 cm³/mol. The molecule has 0 saturated carbocycles. The number of para-hydroxylation sites is 1. The van der Waals surface area contributed by atoms with Crippen LogP contribution in [0.25, 0.3) is 82.2 Å². The molecule has 0 saturated heterocycles. The molecule has 0 fully saturated rings. The zero-order chi connectivity index (χ0) is 26.9. The van der Waals surface area contributed by atoms with Gasteiger partial charge in [0.2, 0.25) is 5.95 Å². The first-order chi connectivity index (χ1) is 20.4. The zero-order valence-corrected chi connectivity index (χ0v) is 22.0. The summed E-state index contributed by atoms with van der Waals surface area (Å²) < 4.78 is 2.26. The molecule has 0 spiro atoms. The highest BCUT2D eigenvalue weighted by atomic mass is 15.2. The number of nitrogens with zero attached hydrogens (tertiary/aromatic N) is 3. The number of fused-ring (bicyclic) bond motifs is 11. The second-order valence-electron chi connectivity index (χ2n) is 10.4. The third-order valence-electron chi connectivity index (χ3n) is 8.22. The summed E-state index contributed by atoms with van der Waals surface area (Å²) in [4.78, 5) is 10.4. The monoisotopic (exact) mass is 519 g/mol. The van der Waals surface area contributed by atoms with Crippen molar-refractivity contribution in [1.29, 1.82) is 0 Å². The molecule has 0 aliphatic rings. The van der Waals surface area contributed by atoms with E-state index in [1.165, 1.54) is 43.1 Å². The molecule has 188 valence electrons. The minimum atomic E-state index is 0.645. The zero-order valence-electron chi connectivity index (χ0n) is 22.0. The smallest absolute Gasteiger partial charge is 0.235 e. The van der Waals surface area contributed by atoms with Crippen molar-refractivity contribution in [1.82, 2.24) is 14.5 Å². The van der Waals surface area contributed by atoms with Crippen LogP contribution in [0.2, 0.25) is 0 Å². The first-order valence-electron chi connectivity index (χ1n) is 13.8. The topological polar surface area (TPSA) is 30.7 Å². The molecule has 0 N–H and O–H groups in total. The van der Waals surface area contributed by atoms with E-state index in [0.717, 1.165) is 33.2 Å². The first kappa shape index (κ1) is 22.1. The van der Waals surface area contributed by atoms with Crippen LogP contribution in [0.5, 0.6) is 0 Å². The van der Waals surface area contributed by atoms with E-state index in [4.69, 9.17) is 9.97 Å². The second-order valence-corrected chi connectivity index (χ2v) is 10.4. The van der Waals surface area contributed by atoms with Crippen LogP contribution in [0.15, 0.2) is 127 Å². The Morgan fingerprint density at radius 1 is 0.537 bits per heavy atom. The van der Waals surface area contributed by atoms with E-state index in [2.05, 4.69) is 114 Å². The molecule has 0 bridgehead atoms. The number of hydrogen-bond acceptors (Lipinski definition) is 2. The lowest BCUT2D eigenvalue weighted by molar-refractivity contribution is 1.02. The second kappa shape index (κ2) is 8.39. The van der Waals surface area contributed by atoms with E-state index < -0.39 is 0 Å². The fourth-order valence-electron chi connectivity index (χ4n) is 6.49. The Morgan fingerprint density at radius 2 is 1.27 bits per heavy atom. The highest BCUT2D eigenvalue weighted by molar-refractivity contribution is 6.36. The molecule has 3 nitrogen and oxygen atoms in total. The molecule has 9 rings (SSSR count). The van der Waals surface area contributed by atoms with Crippen LogP contribution in [-0.4, -0.2) is 14.5 Å². The summed E-state index contributed by atoms with van der Waals surface area (Å²) in [7, 11) is 0. The van der Waals surface area contributed by atoms with Gasteiger partial charge in [-0.3, -0.25) is 4.57 Å². The van der Waals surface area contributed by atoms with Gasteiger partial charge in [-0.05, 0) is 39.7 Å². The standard InChI is InChI=1S/C38H21N3/c1-2-13-25(14-3-1)36-30-18-8-10-20-32(30)39-38(40-36)41-33-21-11-9-19-31(33)35-34-26-15-5-4-12-24(26)22-23-28(34)27-16-6-7-17-29(27)37(35)41/h1-7,9-17,19-23H. The summed E-state index contributed by atoms with van der Waals surface area (Å²) in [6, 6.07) is 51.1. The van der Waals surface area contributed by atoms with Crippen molar-refractivity contribution in [3.8, 4) is 17.2 Å². The van der Waals surface area contributed by atoms with E-state index in [1.54, 1.807) is 0 Å². The number of hydrogen-bond donors (Lipinski definition) is 0. The number of aromatic nitrogens is 3. The lowest BCUT2D eigenvalue weighted by Gasteiger charge is -2.14. The quantitative estimate of drug-likeness (QED) is 0.213. The molecule has 3 heteroatoms. The van der Waals surface area contributed by atoms with Gasteiger partial charge in [0, 0.05) is 27.1 Å². The molecule has 0 aliphatic heterocycles. The Kier molecular flexibility index (Phi) is 4.53. The van der Waals surface area contributed by atoms with Gasteiger partial charge in [0.25, 0.3) is 0 Å². The molecular formula is C38H21N3. The third-order valence-corrected chi connectivity index (χ3v) is 8.22. The Morgan fingerprint density at radius 3 is 2.15 bits per heavy atom. The van der Waals surface area contributed by atoms with E-state index in [1.807, 2.05) is 30.3 Å². The van der Waals surface area contributed by atoms with E-state index in [0.29, 0.717) is 5.95 Å². The van der Waals surface area contributed by atoms with Crippen LogP contribution in [0.1, 0.15) is 0 Å². The van der Waals surface area contributed by atoms with Gasteiger partial charge >= 0.3 is 0 Å². The SMILES string of the molecule is c1ccc2nc(-n3c4ccccc4c4c5c6ccccc6ccc5c5ccccc5c43)nc(-c3ccccc3)c2c#1. The largest absolute Gasteiger partial charge is 0.277 e. The maximum Gasteiger partial charge on any atom is 0.235 e. The fourth-order valence-corrected chi connectivity index (χ4v) is 6.49. The summed E-state index contributed by atoms with van der Waals surface area (Å²) in [5.41, 5.74) is 4.92. The lowest BCUT2D eigenvalue weighted by atomic mass is 9.93. The normalized spacial score (nSPS) is 11.7. The number of rotatable bonds is 2. The molecule has 7 aromatic carbocycles. The minimum Gasteiger partial charge on any atom is -0.277 e. The summed E-state index contributed by atoms with van der Waals surface area (Å²) in [6.07, 6.45) is 0. The molecule has 2 aromatic heterocycles. The average Bonchev–Trinajstić information content (AvgIpc) is 3.40. The maximum absolute atomic E-state index is 5.26. The van der Waals surface area contributed by atoms with E-state index in [9.17, 15) is 0 Å². The van der Waals surface area contributed by atoms with Gasteiger partial charge in [-0.15, -0.1) is 0 Å². The minimum absolute atomic E-state index is 0.645. The van der Waals surface area contributed by atoms with Crippen molar-refractivity contribution >= 4 is 65.0 Å². The van der Waals surface area contributed by atoms with Crippen LogP contribution in [-0.2, 0) is 0 Å². The van der Waals surface area contributed by atoms with Crippen molar-refractivity contribution in [2.24, 2.45) is 0 Å². The van der Waals surface area contributed by atoms with Gasteiger partial charge in [-0.25, -0.2) is 9.97 Å². The maximum atomic E-state index is 5.26. The molecule has 0 amide bonds. The predicted octanol–water partition coefficient (Wildman–Crippen LogP) is 9.45. The lowest BCUT2D eigenvalue weighted by Crippen LogP contribution is -2.03. The van der Waals surface area contributed by atoms with Crippen LogP contribution in [0, 0.1) is 12.1 Å². The van der Waals surface area contributed by atoms with Gasteiger partial charge < -0.3 is 0 Å². The Hall–Kier alpha value is -5.72. The fraction of sp³-hybridized carbons (Fsp3) is 0. The van der Waals surface area contributed by atoms with Gasteiger partial charge in [-0.1, -0.05) is 121 Å². The summed E-state index contributed by atoms with van der Waals surface area (Å²) >= 11 is 0. The summed E-state index contributed by atoms with van der Waals surface area (Å²) in [5.74, 6) is 0.645. The van der Waals surface area contributed by atoms with Gasteiger partial charge in [0.1, 0.15) is 0 Å². The molecule has 2 heterocycles. The summed E-state index contributed by atoms with van der Waals surface area (Å²) in [5, 5.41) is 10.7. The van der Waals surface area contributed by atoms with E-state index in [-0.39, 0.29) is 0 Å². The van der Waals surface area contributed by atoms with Gasteiger partial charge in [0.15, 0.2) is 0 Å². The van der Waals surface area contributed by atoms with E-state index >= 15 is 0 Å². The Labute approximate surface area is 235 Å². The molecular weight excluding hydrogens is 498 g/mol. The molecule has 0 atom stereocenters. The Bertz CT molecular complexity index is 2470. The van der Waals surface area contributed by atoms with Crippen molar-refractivity contribution in [3.05, 3.63) is 140 Å². The van der Waals surface area contributed by atoms with Crippen LogP contribution in [0.4, 0.5) is 0 Å². The van der Waals surface area contributed by atoms with Crippen molar-refractivity contribution in [2.45, 2.75) is 0 Å². The highest BCUT2D eigenvalue weighted by Gasteiger charge is 2.22. The summed E-state index contributed by atoms with van der Waals surface area (Å²) in [6.45, 7) is 0. The van der Waals surface area contributed by atoms with Crippen molar-refractivity contribution in [3.63, 3.8) is 0 Å². The molecule has 0 radical (unpaired) electrons. The first-order valence-corrected chi connectivity index (χ1v) is 13.8. The molecule has 41 heavy (non-hydrogen) atoms. The number of benzene rings is 6. The average molecular weight is 520 g/mol. The van der Waals surface area contributed by atoms with Gasteiger partial charge in [0.05, 0.1) is 27.6 Å². The molecule has 9 aromatic rings.